The fourth-order valence-electron chi connectivity index (χ4n) is 3.48. The number of nitro groups is 1. The molecule has 158 valence electrons. The maximum absolute atomic E-state index is 12.4. The van der Waals surface area contributed by atoms with Crippen molar-refractivity contribution >= 4 is 23.2 Å². The van der Waals surface area contributed by atoms with Crippen LogP contribution in [0.2, 0.25) is 0 Å². The van der Waals surface area contributed by atoms with Crippen LogP contribution in [0, 0.1) is 10.1 Å². The van der Waals surface area contributed by atoms with Gasteiger partial charge in [0.05, 0.1) is 11.5 Å². The van der Waals surface area contributed by atoms with Crippen molar-refractivity contribution in [3.8, 4) is 0 Å². The van der Waals surface area contributed by atoms with E-state index in [1.807, 2.05) is 12.1 Å². The van der Waals surface area contributed by atoms with Crippen molar-refractivity contribution in [3.63, 3.8) is 0 Å². The number of nitro benzene ring substituents is 1. The van der Waals surface area contributed by atoms with Crippen LogP contribution in [0.5, 0.6) is 0 Å². The minimum absolute atomic E-state index is 0.146. The van der Waals surface area contributed by atoms with Gasteiger partial charge in [0.1, 0.15) is 0 Å². The van der Waals surface area contributed by atoms with Gasteiger partial charge < -0.3 is 15.1 Å². The molecule has 1 aliphatic rings. The number of likely N-dealkylation sites (N-methyl/N-ethyl adjacent to an activating group) is 1. The second kappa shape index (κ2) is 9.87. The van der Waals surface area contributed by atoms with Gasteiger partial charge in [0.25, 0.3) is 11.6 Å². The summed E-state index contributed by atoms with van der Waals surface area (Å²) in [7, 11) is 1.68. The maximum Gasteiger partial charge on any atom is 0.270 e. The van der Waals surface area contributed by atoms with Crippen LogP contribution in [0.25, 0.3) is 0 Å². The summed E-state index contributed by atoms with van der Waals surface area (Å²) >= 11 is 0. The molecule has 2 aromatic rings. The van der Waals surface area contributed by atoms with Crippen LogP contribution in [0.15, 0.2) is 48.5 Å². The molecule has 8 nitrogen and oxygen atoms in total. The molecule has 1 N–H and O–H groups in total. The van der Waals surface area contributed by atoms with Crippen LogP contribution in [-0.2, 0) is 11.3 Å². The third kappa shape index (κ3) is 5.56. The van der Waals surface area contributed by atoms with Crippen molar-refractivity contribution in [2.75, 3.05) is 31.6 Å². The second-order valence-corrected chi connectivity index (χ2v) is 7.45. The molecule has 2 amide bonds. The van der Waals surface area contributed by atoms with E-state index < -0.39 is 10.8 Å². The van der Waals surface area contributed by atoms with E-state index in [1.54, 1.807) is 11.9 Å². The van der Waals surface area contributed by atoms with Gasteiger partial charge in [-0.05, 0) is 43.0 Å². The van der Waals surface area contributed by atoms with E-state index in [2.05, 4.69) is 22.3 Å². The maximum atomic E-state index is 12.4. The number of rotatable bonds is 7. The van der Waals surface area contributed by atoms with E-state index in [1.165, 1.54) is 49.2 Å². The topological polar surface area (TPSA) is 95.8 Å². The average molecular weight is 410 g/mol. The number of piperidine rings is 1. The highest BCUT2D eigenvalue weighted by Gasteiger charge is 2.15. The molecule has 2 aromatic carbocycles. The van der Waals surface area contributed by atoms with Gasteiger partial charge in [0, 0.05) is 50.1 Å². The molecule has 0 bridgehead atoms. The fourth-order valence-corrected chi connectivity index (χ4v) is 3.48. The normalized spacial score (nSPS) is 13.6. The first-order valence-electron chi connectivity index (χ1n) is 10.0. The van der Waals surface area contributed by atoms with Crippen molar-refractivity contribution < 1.29 is 14.5 Å². The van der Waals surface area contributed by atoms with Gasteiger partial charge >= 0.3 is 0 Å². The van der Waals surface area contributed by atoms with Gasteiger partial charge in [-0.3, -0.25) is 19.7 Å². The average Bonchev–Trinajstić information content (AvgIpc) is 2.78. The van der Waals surface area contributed by atoms with Gasteiger partial charge in [-0.2, -0.15) is 0 Å². The predicted octanol–water partition coefficient (Wildman–Crippen LogP) is 2.97. The summed E-state index contributed by atoms with van der Waals surface area (Å²) in [5.41, 5.74) is 2.19. The van der Waals surface area contributed by atoms with Gasteiger partial charge in [-0.1, -0.05) is 18.2 Å². The molecule has 30 heavy (non-hydrogen) atoms. The number of benzene rings is 2. The summed E-state index contributed by atoms with van der Waals surface area (Å²) in [4.78, 5) is 38.7. The van der Waals surface area contributed by atoms with Crippen molar-refractivity contribution in [3.05, 3.63) is 69.8 Å². The quantitative estimate of drug-likeness (QED) is 0.559. The summed E-state index contributed by atoms with van der Waals surface area (Å²) in [5.74, 6) is -0.764. The number of amides is 2. The Bertz CT molecular complexity index is 908. The molecular formula is C22H26N4O4. The Morgan fingerprint density at radius 3 is 2.47 bits per heavy atom. The number of carbonyl (C=O) groups is 2. The number of nitrogens with one attached hydrogen (secondary N) is 1. The number of nitrogens with zero attached hydrogens (tertiary/aromatic N) is 3. The van der Waals surface area contributed by atoms with Crippen LogP contribution in [0.4, 0.5) is 11.4 Å². The third-order valence-electron chi connectivity index (χ3n) is 5.22. The molecule has 0 aliphatic carbocycles. The van der Waals surface area contributed by atoms with E-state index in [4.69, 9.17) is 0 Å². The lowest BCUT2D eigenvalue weighted by atomic mass is 10.1. The fraction of sp³-hybridized carbons (Fsp3) is 0.364. The smallest absolute Gasteiger partial charge is 0.270 e. The molecule has 0 radical (unpaired) electrons. The van der Waals surface area contributed by atoms with E-state index in [0.717, 1.165) is 18.7 Å². The van der Waals surface area contributed by atoms with Crippen LogP contribution < -0.4 is 10.2 Å². The first kappa shape index (κ1) is 21.3. The number of non-ortho nitro benzene ring substituents is 1. The van der Waals surface area contributed by atoms with Gasteiger partial charge in [-0.25, -0.2) is 0 Å². The summed E-state index contributed by atoms with van der Waals surface area (Å²) in [6, 6.07) is 13.6. The van der Waals surface area contributed by atoms with E-state index in [0.29, 0.717) is 6.54 Å². The lowest BCUT2D eigenvalue weighted by molar-refractivity contribution is -0.384. The highest BCUT2D eigenvalue weighted by molar-refractivity contribution is 5.96. The van der Waals surface area contributed by atoms with Gasteiger partial charge in [0.2, 0.25) is 5.91 Å². The molecule has 0 aromatic heterocycles. The molecular weight excluding hydrogens is 384 g/mol. The molecule has 1 saturated heterocycles. The molecule has 8 heteroatoms. The van der Waals surface area contributed by atoms with Crippen LogP contribution in [0.1, 0.15) is 35.2 Å². The third-order valence-corrected chi connectivity index (χ3v) is 5.22. The molecule has 0 spiro atoms. The lowest BCUT2D eigenvalue weighted by Crippen LogP contribution is -2.37. The van der Waals surface area contributed by atoms with E-state index in [9.17, 15) is 19.7 Å². The SMILES string of the molecule is CN(Cc1ccc(N2CCCCC2)cc1)C(=O)CNC(=O)c1cccc([N+](=O)[O-])c1. The molecule has 0 unspecified atom stereocenters. The minimum atomic E-state index is -0.563. The molecule has 3 rings (SSSR count). The van der Waals surface area contributed by atoms with E-state index >= 15 is 0 Å². The Balaban J connectivity index is 1.50. The van der Waals surface area contributed by atoms with Crippen molar-refractivity contribution in [2.24, 2.45) is 0 Å². The zero-order valence-corrected chi connectivity index (χ0v) is 17.0. The van der Waals surface area contributed by atoms with Crippen molar-refractivity contribution in [2.45, 2.75) is 25.8 Å². The molecule has 1 heterocycles. The highest BCUT2D eigenvalue weighted by atomic mass is 16.6. The zero-order valence-electron chi connectivity index (χ0n) is 17.0. The molecule has 0 atom stereocenters. The summed E-state index contributed by atoms with van der Waals surface area (Å²) in [6.07, 6.45) is 3.74. The predicted molar refractivity (Wildman–Crippen MR) is 114 cm³/mol. The van der Waals surface area contributed by atoms with Crippen LogP contribution in [-0.4, -0.2) is 48.3 Å². The Morgan fingerprint density at radius 1 is 1.10 bits per heavy atom. The highest BCUT2D eigenvalue weighted by Crippen LogP contribution is 2.20. The Morgan fingerprint density at radius 2 is 1.80 bits per heavy atom. The number of carbonyl (C=O) groups excluding carboxylic acids is 2. The van der Waals surface area contributed by atoms with Gasteiger partial charge in [-0.15, -0.1) is 0 Å². The van der Waals surface area contributed by atoms with Crippen molar-refractivity contribution in [1.29, 1.82) is 0 Å². The Labute approximate surface area is 175 Å². The zero-order chi connectivity index (χ0) is 21.5. The summed E-state index contributed by atoms with van der Waals surface area (Å²) in [5, 5.41) is 13.4. The van der Waals surface area contributed by atoms with Crippen LogP contribution >= 0.6 is 0 Å². The molecule has 1 aliphatic heterocycles. The Kier molecular flexibility index (Phi) is 7.00. The first-order valence-corrected chi connectivity index (χ1v) is 10.0. The Hall–Kier alpha value is -3.42. The van der Waals surface area contributed by atoms with Crippen molar-refractivity contribution in [1.82, 2.24) is 10.2 Å². The van der Waals surface area contributed by atoms with Crippen LogP contribution in [0.3, 0.4) is 0 Å². The number of hydrogen-bond donors (Lipinski definition) is 1. The second-order valence-electron chi connectivity index (χ2n) is 7.45. The monoisotopic (exact) mass is 410 g/mol. The van der Waals surface area contributed by atoms with E-state index in [-0.39, 0.29) is 23.7 Å². The standard InChI is InChI=1S/C22H26N4O4/c1-24(16-17-8-10-19(11-9-17)25-12-3-2-4-13-25)21(27)15-23-22(28)18-6-5-7-20(14-18)26(29)30/h5-11,14H,2-4,12-13,15-16H2,1H3,(H,23,28). The van der Waals surface area contributed by atoms with Gasteiger partial charge in [0.15, 0.2) is 0 Å². The first-order chi connectivity index (χ1) is 14.4. The minimum Gasteiger partial charge on any atom is -0.372 e. The number of hydrogen-bond acceptors (Lipinski definition) is 5. The summed E-state index contributed by atoms with van der Waals surface area (Å²) in [6.45, 7) is 2.43. The largest absolute Gasteiger partial charge is 0.372 e. The lowest BCUT2D eigenvalue weighted by Gasteiger charge is -2.29. The number of anilines is 1. The summed E-state index contributed by atoms with van der Waals surface area (Å²) < 4.78 is 0. The molecule has 0 saturated carbocycles. The molecule has 1 fully saturated rings.